The van der Waals surface area contributed by atoms with E-state index in [0.29, 0.717) is 12.1 Å². The molecular weight excluding hydrogens is 468 g/mol. The zero-order valence-electron chi connectivity index (χ0n) is 16.7. The summed E-state index contributed by atoms with van der Waals surface area (Å²) in [6.07, 6.45) is 2.98. The standard InChI is InChI=1S/C22H30FN3O.HI/c1-18-16-20(10-11-21(18)23)17-26-22(24-2)25-13-6-7-14-27-15-12-19-8-4-3-5-9-19;/h3-5,8-11,16H,6-7,12-15,17H2,1-2H3,(H2,24,25,26);1H. The highest BCUT2D eigenvalue weighted by molar-refractivity contribution is 14.0. The molecule has 0 spiro atoms. The highest BCUT2D eigenvalue weighted by Gasteiger charge is 2.01. The molecule has 0 aliphatic heterocycles. The van der Waals surface area contributed by atoms with Gasteiger partial charge < -0.3 is 15.4 Å². The fraction of sp³-hybridized carbons (Fsp3) is 0.409. The maximum atomic E-state index is 13.3. The summed E-state index contributed by atoms with van der Waals surface area (Å²) in [5.41, 5.74) is 3.00. The molecule has 0 radical (unpaired) electrons. The zero-order chi connectivity index (χ0) is 19.3. The van der Waals surface area contributed by atoms with Crippen molar-refractivity contribution < 1.29 is 9.13 Å². The summed E-state index contributed by atoms with van der Waals surface area (Å²) in [7, 11) is 1.75. The van der Waals surface area contributed by atoms with Crippen molar-refractivity contribution in [3.63, 3.8) is 0 Å². The SMILES string of the molecule is CN=C(NCCCCOCCc1ccccc1)NCc1ccc(F)c(C)c1.I. The van der Waals surface area contributed by atoms with Crippen LogP contribution in [0.3, 0.4) is 0 Å². The van der Waals surface area contributed by atoms with E-state index in [4.69, 9.17) is 4.74 Å². The first-order chi connectivity index (χ1) is 13.2. The van der Waals surface area contributed by atoms with E-state index in [9.17, 15) is 4.39 Å². The number of guanidine groups is 1. The van der Waals surface area contributed by atoms with Crippen molar-refractivity contribution in [2.75, 3.05) is 26.8 Å². The van der Waals surface area contributed by atoms with E-state index in [0.717, 1.165) is 50.5 Å². The van der Waals surface area contributed by atoms with Crippen molar-refractivity contribution in [2.45, 2.75) is 32.7 Å². The number of ether oxygens (including phenoxy) is 1. The van der Waals surface area contributed by atoms with E-state index in [2.05, 4.69) is 39.9 Å². The molecular formula is C22H31FIN3O. The molecule has 2 aromatic rings. The molecule has 0 saturated carbocycles. The monoisotopic (exact) mass is 499 g/mol. The highest BCUT2D eigenvalue weighted by atomic mass is 127. The molecule has 0 saturated heterocycles. The Morgan fingerprint density at radius 1 is 1.00 bits per heavy atom. The molecule has 28 heavy (non-hydrogen) atoms. The Morgan fingerprint density at radius 3 is 2.50 bits per heavy atom. The van der Waals surface area contributed by atoms with E-state index < -0.39 is 0 Å². The van der Waals surface area contributed by atoms with E-state index in [1.807, 2.05) is 12.1 Å². The van der Waals surface area contributed by atoms with E-state index >= 15 is 0 Å². The second kappa shape index (κ2) is 14.3. The van der Waals surface area contributed by atoms with Gasteiger partial charge in [-0.05, 0) is 48.9 Å². The fourth-order valence-corrected chi connectivity index (χ4v) is 2.70. The summed E-state index contributed by atoms with van der Waals surface area (Å²) < 4.78 is 19.0. The molecule has 0 heterocycles. The van der Waals surface area contributed by atoms with Crippen LogP contribution in [0.4, 0.5) is 4.39 Å². The number of hydrogen-bond acceptors (Lipinski definition) is 2. The maximum absolute atomic E-state index is 13.3. The van der Waals surface area contributed by atoms with Crippen molar-refractivity contribution in [3.8, 4) is 0 Å². The predicted molar refractivity (Wildman–Crippen MR) is 125 cm³/mol. The molecule has 0 fully saturated rings. The van der Waals surface area contributed by atoms with Crippen molar-refractivity contribution in [2.24, 2.45) is 4.99 Å². The summed E-state index contributed by atoms with van der Waals surface area (Å²) in [5, 5.41) is 6.54. The lowest BCUT2D eigenvalue weighted by atomic mass is 10.1. The molecule has 0 amide bonds. The largest absolute Gasteiger partial charge is 0.381 e. The Hall–Kier alpha value is -1.67. The van der Waals surface area contributed by atoms with Gasteiger partial charge >= 0.3 is 0 Å². The molecule has 0 aliphatic carbocycles. The summed E-state index contributed by atoms with van der Waals surface area (Å²) in [5.74, 6) is 0.578. The minimum atomic E-state index is -0.174. The first-order valence-electron chi connectivity index (χ1n) is 9.50. The first-order valence-corrected chi connectivity index (χ1v) is 9.50. The van der Waals surface area contributed by atoms with Crippen molar-refractivity contribution in [1.29, 1.82) is 0 Å². The van der Waals surface area contributed by atoms with Gasteiger partial charge in [0.15, 0.2) is 5.96 Å². The molecule has 0 unspecified atom stereocenters. The minimum Gasteiger partial charge on any atom is -0.381 e. The van der Waals surface area contributed by atoms with E-state index in [1.165, 1.54) is 11.6 Å². The van der Waals surface area contributed by atoms with Gasteiger partial charge in [0, 0.05) is 26.7 Å². The van der Waals surface area contributed by atoms with Crippen LogP contribution in [0.2, 0.25) is 0 Å². The number of aryl methyl sites for hydroxylation is 1. The number of unbranched alkanes of at least 4 members (excludes halogenated alkanes) is 1. The van der Waals surface area contributed by atoms with Crippen LogP contribution in [0.15, 0.2) is 53.5 Å². The number of hydrogen-bond donors (Lipinski definition) is 2. The van der Waals surface area contributed by atoms with Crippen LogP contribution in [0.5, 0.6) is 0 Å². The highest BCUT2D eigenvalue weighted by Crippen LogP contribution is 2.08. The van der Waals surface area contributed by atoms with Gasteiger partial charge in [-0.15, -0.1) is 24.0 Å². The molecule has 2 N–H and O–H groups in total. The zero-order valence-corrected chi connectivity index (χ0v) is 19.0. The Morgan fingerprint density at radius 2 is 1.79 bits per heavy atom. The average Bonchev–Trinajstić information content (AvgIpc) is 2.69. The Kier molecular flexibility index (Phi) is 12.5. The van der Waals surface area contributed by atoms with Crippen molar-refractivity contribution in [1.82, 2.24) is 10.6 Å². The summed E-state index contributed by atoms with van der Waals surface area (Å²) in [6.45, 7) is 4.76. The van der Waals surface area contributed by atoms with Crippen LogP contribution in [-0.2, 0) is 17.7 Å². The summed E-state index contributed by atoms with van der Waals surface area (Å²) in [6, 6.07) is 15.5. The number of benzene rings is 2. The molecule has 0 aromatic heterocycles. The van der Waals surface area contributed by atoms with E-state index in [1.54, 1.807) is 20.0 Å². The number of nitrogens with zero attached hydrogens (tertiary/aromatic N) is 1. The van der Waals surface area contributed by atoms with Gasteiger partial charge in [0.1, 0.15) is 5.82 Å². The van der Waals surface area contributed by atoms with Gasteiger partial charge in [-0.1, -0.05) is 42.5 Å². The topological polar surface area (TPSA) is 45.7 Å². The maximum Gasteiger partial charge on any atom is 0.191 e. The Balaban J connectivity index is 0.00000392. The summed E-state index contributed by atoms with van der Waals surface area (Å²) >= 11 is 0. The number of nitrogens with one attached hydrogen (secondary N) is 2. The lowest BCUT2D eigenvalue weighted by Crippen LogP contribution is -2.37. The molecule has 154 valence electrons. The fourth-order valence-electron chi connectivity index (χ4n) is 2.70. The second-order valence-electron chi connectivity index (χ2n) is 6.49. The number of rotatable bonds is 10. The number of aliphatic imine (C=N–C) groups is 1. The van der Waals surface area contributed by atoms with Crippen LogP contribution >= 0.6 is 24.0 Å². The van der Waals surface area contributed by atoms with Crippen molar-refractivity contribution >= 4 is 29.9 Å². The third-order valence-electron chi connectivity index (χ3n) is 4.29. The molecule has 0 aliphatic rings. The molecule has 2 aromatic carbocycles. The van der Waals surface area contributed by atoms with Gasteiger partial charge in [0.2, 0.25) is 0 Å². The van der Waals surface area contributed by atoms with Gasteiger partial charge in [-0.2, -0.15) is 0 Å². The summed E-state index contributed by atoms with van der Waals surface area (Å²) in [4.78, 5) is 4.21. The van der Waals surface area contributed by atoms with Crippen LogP contribution in [-0.4, -0.2) is 32.8 Å². The van der Waals surface area contributed by atoms with Gasteiger partial charge in [-0.3, -0.25) is 4.99 Å². The van der Waals surface area contributed by atoms with Crippen molar-refractivity contribution in [3.05, 3.63) is 71.0 Å². The molecule has 2 rings (SSSR count). The molecule has 0 bridgehead atoms. The lowest BCUT2D eigenvalue weighted by Gasteiger charge is -2.12. The van der Waals surface area contributed by atoms with Gasteiger partial charge in [0.05, 0.1) is 6.61 Å². The van der Waals surface area contributed by atoms with Crippen LogP contribution in [0, 0.1) is 12.7 Å². The normalized spacial score (nSPS) is 11.0. The second-order valence-corrected chi connectivity index (χ2v) is 6.49. The smallest absolute Gasteiger partial charge is 0.191 e. The molecule has 0 atom stereocenters. The third-order valence-corrected chi connectivity index (χ3v) is 4.29. The third kappa shape index (κ3) is 9.50. The van der Waals surface area contributed by atoms with Crippen LogP contribution in [0.25, 0.3) is 0 Å². The number of halogens is 2. The average molecular weight is 499 g/mol. The minimum absolute atomic E-state index is 0. The molecule has 6 heteroatoms. The van der Waals surface area contributed by atoms with Gasteiger partial charge in [-0.25, -0.2) is 4.39 Å². The van der Waals surface area contributed by atoms with E-state index in [-0.39, 0.29) is 29.8 Å². The first kappa shape index (κ1) is 24.4. The lowest BCUT2D eigenvalue weighted by molar-refractivity contribution is 0.133. The predicted octanol–water partition coefficient (Wildman–Crippen LogP) is 4.46. The Bertz CT molecular complexity index is 710. The van der Waals surface area contributed by atoms with Crippen LogP contribution in [0.1, 0.15) is 29.5 Å². The molecule has 4 nitrogen and oxygen atoms in total. The van der Waals surface area contributed by atoms with Crippen LogP contribution < -0.4 is 10.6 Å². The quantitative estimate of drug-likeness (QED) is 0.220. The Labute approximate surface area is 185 Å². The van der Waals surface area contributed by atoms with Gasteiger partial charge in [0.25, 0.3) is 0 Å².